The van der Waals surface area contributed by atoms with Crippen LogP contribution < -0.4 is 11.1 Å². The Kier molecular flexibility index (Phi) is 6.21. The molecule has 1 atom stereocenters. The van der Waals surface area contributed by atoms with Crippen LogP contribution in [0.25, 0.3) is 0 Å². The first-order valence-corrected chi connectivity index (χ1v) is 7.90. The second-order valence-electron chi connectivity index (χ2n) is 6.13. The van der Waals surface area contributed by atoms with E-state index in [-0.39, 0.29) is 11.9 Å². The molecule has 4 heteroatoms. The van der Waals surface area contributed by atoms with Gasteiger partial charge in [-0.1, -0.05) is 30.3 Å². The summed E-state index contributed by atoms with van der Waals surface area (Å²) >= 11 is 0. The van der Waals surface area contributed by atoms with Gasteiger partial charge in [-0.3, -0.25) is 4.79 Å². The third-order valence-corrected chi connectivity index (χ3v) is 3.98. The summed E-state index contributed by atoms with van der Waals surface area (Å²) in [7, 11) is 2.11. The lowest BCUT2D eigenvalue weighted by molar-refractivity contribution is -0.121. The largest absolute Gasteiger partial charge is 0.356 e. The summed E-state index contributed by atoms with van der Waals surface area (Å²) in [5, 5.41) is 2.97. The van der Waals surface area contributed by atoms with E-state index in [1.807, 2.05) is 6.07 Å². The van der Waals surface area contributed by atoms with Gasteiger partial charge in [-0.15, -0.1) is 0 Å². The van der Waals surface area contributed by atoms with Gasteiger partial charge in [0.25, 0.3) is 0 Å². The average Bonchev–Trinajstić information content (AvgIpc) is 3.29. The lowest BCUT2D eigenvalue weighted by atomic mass is 10.1. The summed E-state index contributed by atoms with van der Waals surface area (Å²) in [6.45, 7) is 2.65. The maximum absolute atomic E-state index is 11.7. The molecule has 0 radical (unpaired) electrons. The fraction of sp³-hybridized carbons (Fsp3) is 0.588. The van der Waals surface area contributed by atoms with E-state index >= 15 is 0 Å². The highest BCUT2D eigenvalue weighted by Crippen LogP contribution is 2.32. The normalized spacial score (nSPS) is 16.0. The number of benzene rings is 1. The van der Waals surface area contributed by atoms with Crippen molar-refractivity contribution in [2.24, 2.45) is 11.7 Å². The quantitative estimate of drug-likeness (QED) is 0.681. The van der Waals surface area contributed by atoms with Crippen LogP contribution in [0.5, 0.6) is 0 Å². The fourth-order valence-corrected chi connectivity index (χ4v) is 2.53. The highest BCUT2D eigenvalue weighted by atomic mass is 16.1. The molecule has 1 aliphatic carbocycles. The Morgan fingerprint density at radius 3 is 2.76 bits per heavy atom. The number of nitrogens with two attached hydrogens (primary N) is 1. The molecule has 1 fully saturated rings. The van der Waals surface area contributed by atoms with Crippen LogP contribution in [0.15, 0.2) is 30.3 Å². The van der Waals surface area contributed by atoms with Crippen molar-refractivity contribution in [3.05, 3.63) is 35.9 Å². The topological polar surface area (TPSA) is 58.4 Å². The molecule has 1 aliphatic rings. The Balaban J connectivity index is 1.53. The maximum Gasteiger partial charge on any atom is 0.221 e. The van der Waals surface area contributed by atoms with Gasteiger partial charge in [-0.05, 0) is 44.3 Å². The van der Waals surface area contributed by atoms with Gasteiger partial charge in [0.2, 0.25) is 5.91 Å². The highest BCUT2D eigenvalue weighted by molar-refractivity contribution is 5.76. The average molecular weight is 289 g/mol. The van der Waals surface area contributed by atoms with Crippen molar-refractivity contribution < 1.29 is 4.79 Å². The molecule has 3 N–H and O–H groups in total. The molecule has 2 rings (SSSR count). The molecule has 0 saturated heterocycles. The van der Waals surface area contributed by atoms with Gasteiger partial charge in [0.15, 0.2) is 0 Å². The van der Waals surface area contributed by atoms with Crippen molar-refractivity contribution in [1.29, 1.82) is 0 Å². The number of nitrogens with one attached hydrogen (secondary N) is 1. The third-order valence-electron chi connectivity index (χ3n) is 3.98. The third kappa shape index (κ3) is 6.27. The van der Waals surface area contributed by atoms with Crippen molar-refractivity contribution in [2.45, 2.75) is 38.3 Å². The Morgan fingerprint density at radius 1 is 1.38 bits per heavy atom. The standard InChI is InChI=1S/C17H27N3O/c1-20(13-14-6-3-2-4-7-14)11-5-10-19-17(21)12-16(18)15-8-9-15/h2-4,6-7,15-16H,5,8-13,18H2,1H3,(H,19,21). The zero-order valence-corrected chi connectivity index (χ0v) is 12.9. The van der Waals surface area contributed by atoms with Crippen molar-refractivity contribution in [3.63, 3.8) is 0 Å². The van der Waals surface area contributed by atoms with E-state index in [0.29, 0.717) is 12.3 Å². The second-order valence-corrected chi connectivity index (χ2v) is 6.13. The number of nitrogens with zero attached hydrogens (tertiary/aromatic N) is 1. The lowest BCUT2D eigenvalue weighted by Gasteiger charge is -2.17. The van der Waals surface area contributed by atoms with Crippen LogP contribution in [0, 0.1) is 5.92 Å². The molecule has 4 nitrogen and oxygen atoms in total. The molecule has 1 aromatic carbocycles. The van der Waals surface area contributed by atoms with Gasteiger partial charge in [-0.2, -0.15) is 0 Å². The van der Waals surface area contributed by atoms with E-state index in [4.69, 9.17) is 5.73 Å². The van der Waals surface area contributed by atoms with E-state index in [2.05, 4.69) is 41.5 Å². The summed E-state index contributed by atoms with van der Waals surface area (Å²) < 4.78 is 0. The first kappa shape index (κ1) is 16.0. The minimum Gasteiger partial charge on any atom is -0.356 e. The number of carbonyl (C=O) groups is 1. The van der Waals surface area contributed by atoms with E-state index in [1.54, 1.807) is 0 Å². The van der Waals surface area contributed by atoms with Crippen LogP contribution in [0.1, 0.15) is 31.2 Å². The van der Waals surface area contributed by atoms with Crippen LogP contribution in [-0.4, -0.2) is 37.0 Å². The summed E-state index contributed by atoms with van der Waals surface area (Å²) in [5.74, 6) is 0.688. The summed E-state index contributed by atoms with van der Waals surface area (Å²) in [4.78, 5) is 14.0. The molecule has 1 amide bonds. The number of amides is 1. The van der Waals surface area contributed by atoms with Crippen molar-refractivity contribution in [3.8, 4) is 0 Å². The molecule has 21 heavy (non-hydrogen) atoms. The van der Waals surface area contributed by atoms with E-state index < -0.39 is 0 Å². The molecule has 116 valence electrons. The molecule has 0 spiro atoms. The zero-order chi connectivity index (χ0) is 15.1. The molecule has 0 aromatic heterocycles. The highest BCUT2D eigenvalue weighted by Gasteiger charge is 2.29. The predicted molar refractivity (Wildman–Crippen MR) is 85.7 cm³/mol. The Bertz CT molecular complexity index is 431. The Morgan fingerprint density at radius 2 is 2.10 bits per heavy atom. The van der Waals surface area contributed by atoms with Gasteiger partial charge < -0.3 is 16.0 Å². The molecule has 0 aliphatic heterocycles. The monoisotopic (exact) mass is 289 g/mol. The van der Waals surface area contributed by atoms with Gasteiger partial charge in [0.1, 0.15) is 0 Å². The smallest absolute Gasteiger partial charge is 0.221 e. The maximum atomic E-state index is 11.7. The van der Waals surface area contributed by atoms with Crippen LogP contribution >= 0.6 is 0 Å². The van der Waals surface area contributed by atoms with Gasteiger partial charge >= 0.3 is 0 Å². The van der Waals surface area contributed by atoms with Gasteiger partial charge in [-0.25, -0.2) is 0 Å². The summed E-state index contributed by atoms with van der Waals surface area (Å²) in [6, 6.07) is 10.5. The Hall–Kier alpha value is -1.39. The van der Waals surface area contributed by atoms with Crippen LogP contribution in [0.4, 0.5) is 0 Å². The first-order chi connectivity index (χ1) is 10.1. The zero-order valence-electron chi connectivity index (χ0n) is 12.9. The summed E-state index contributed by atoms with van der Waals surface area (Å²) in [5.41, 5.74) is 7.27. The van der Waals surface area contributed by atoms with Crippen LogP contribution in [-0.2, 0) is 11.3 Å². The number of hydrogen-bond acceptors (Lipinski definition) is 3. The molecule has 1 unspecified atom stereocenters. The Labute approximate surface area is 127 Å². The fourth-order valence-electron chi connectivity index (χ4n) is 2.53. The van der Waals surface area contributed by atoms with Gasteiger partial charge in [0, 0.05) is 25.6 Å². The number of hydrogen-bond donors (Lipinski definition) is 2. The molecule has 0 heterocycles. The SMILES string of the molecule is CN(CCCNC(=O)CC(N)C1CC1)Cc1ccccc1. The van der Waals surface area contributed by atoms with E-state index in [9.17, 15) is 4.79 Å². The van der Waals surface area contributed by atoms with Crippen molar-refractivity contribution >= 4 is 5.91 Å². The molecule has 1 aromatic rings. The lowest BCUT2D eigenvalue weighted by Crippen LogP contribution is -2.34. The first-order valence-electron chi connectivity index (χ1n) is 7.90. The second kappa shape index (κ2) is 8.15. The summed E-state index contributed by atoms with van der Waals surface area (Å²) in [6.07, 6.45) is 3.83. The van der Waals surface area contributed by atoms with Gasteiger partial charge in [0.05, 0.1) is 0 Å². The molecule has 0 bridgehead atoms. The molecular weight excluding hydrogens is 262 g/mol. The van der Waals surface area contributed by atoms with Crippen molar-refractivity contribution in [1.82, 2.24) is 10.2 Å². The number of rotatable bonds is 9. The molecule has 1 saturated carbocycles. The minimum atomic E-state index is 0.0609. The minimum absolute atomic E-state index is 0.0609. The van der Waals surface area contributed by atoms with E-state index in [0.717, 1.165) is 26.1 Å². The molecular formula is C17H27N3O. The van der Waals surface area contributed by atoms with Crippen molar-refractivity contribution in [2.75, 3.05) is 20.1 Å². The van der Waals surface area contributed by atoms with Crippen LogP contribution in [0.3, 0.4) is 0 Å². The van der Waals surface area contributed by atoms with E-state index in [1.165, 1.54) is 18.4 Å². The van der Waals surface area contributed by atoms with Crippen LogP contribution in [0.2, 0.25) is 0 Å². The number of carbonyl (C=O) groups excluding carboxylic acids is 1. The predicted octanol–water partition coefficient (Wildman–Crippen LogP) is 1.75.